The molecule has 0 N–H and O–H groups in total. The molecular weight excluding hydrogens is 529 g/mol. The Morgan fingerprint density at radius 3 is 0.974 bits per heavy atom. The highest BCUT2D eigenvalue weighted by Crippen LogP contribution is 2.40. The first kappa shape index (κ1) is 32.6. The number of hydrogen-bond donors (Lipinski definition) is 0. The minimum atomic E-state index is 1.26. The van der Waals surface area contributed by atoms with Gasteiger partial charge >= 0.3 is 0 Å². The molecule has 0 saturated heterocycles. The molecule has 0 aliphatic rings. The molecule has 218 valence electrons. The highest BCUT2D eigenvalue weighted by molar-refractivity contribution is 7.26. The van der Waals surface area contributed by atoms with Crippen LogP contribution in [0.1, 0.15) is 152 Å². The van der Waals surface area contributed by atoms with Crippen LogP contribution in [0, 0.1) is 0 Å². The molecule has 0 aliphatic heterocycles. The first-order valence-electron chi connectivity index (χ1n) is 16.6. The SMILES string of the molecule is CCCCCCCCCCCCc1ccc(-c2ccc(-c3ccc(CCCCCCCCCCCC)s3)s2)s1. The van der Waals surface area contributed by atoms with Gasteiger partial charge < -0.3 is 0 Å². The van der Waals surface area contributed by atoms with Crippen molar-refractivity contribution in [3.63, 3.8) is 0 Å². The molecule has 0 unspecified atom stereocenters. The van der Waals surface area contributed by atoms with Crippen LogP contribution in [-0.2, 0) is 12.8 Å². The third kappa shape index (κ3) is 13.5. The maximum absolute atomic E-state index is 2.38. The zero-order valence-electron chi connectivity index (χ0n) is 25.2. The Bertz CT molecular complexity index is 898. The van der Waals surface area contributed by atoms with E-state index in [1.54, 1.807) is 9.75 Å². The Kier molecular flexibility index (Phi) is 17.5. The monoisotopic (exact) mass is 584 g/mol. The maximum atomic E-state index is 2.38. The normalized spacial score (nSPS) is 11.5. The Labute approximate surface area is 253 Å². The lowest BCUT2D eigenvalue weighted by atomic mass is 10.1. The third-order valence-electron chi connectivity index (χ3n) is 7.97. The number of unbranched alkanes of at least 4 members (excludes halogenated alkanes) is 18. The average Bonchev–Trinajstić information content (AvgIpc) is 3.72. The summed E-state index contributed by atoms with van der Waals surface area (Å²) < 4.78 is 0. The quantitative estimate of drug-likeness (QED) is 0.0918. The summed E-state index contributed by atoms with van der Waals surface area (Å²) in [6.45, 7) is 4.60. The molecule has 0 nitrogen and oxygen atoms in total. The van der Waals surface area contributed by atoms with Crippen molar-refractivity contribution in [2.45, 2.75) is 155 Å². The van der Waals surface area contributed by atoms with Crippen LogP contribution in [0.15, 0.2) is 36.4 Å². The van der Waals surface area contributed by atoms with E-state index in [0.717, 1.165) is 0 Å². The van der Waals surface area contributed by atoms with Gasteiger partial charge in [-0.1, -0.05) is 129 Å². The van der Waals surface area contributed by atoms with E-state index in [1.807, 2.05) is 34.0 Å². The summed E-state index contributed by atoms with van der Waals surface area (Å²) in [7, 11) is 0. The van der Waals surface area contributed by atoms with Gasteiger partial charge in [0.05, 0.1) is 0 Å². The molecule has 0 atom stereocenters. The van der Waals surface area contributed by atoms with Gasteiger partial charge in [-0.15, -0.1) is 34.0 Å². The molecule has 0 bridgehead atoms. The van der Waals surface area contributed by atoms with Crippen LogP contribution in [0.3, 0.4) is 0 Å². The lowest BCUT2D eigenvalue weighted by molar-refractivity contribution is 0.557. The van der Waals surface area contributed by atoms with Gasteiger partial charge in [-0.25, -0.2) is 0 Å². The predicted octanol–water partition coefficient (Wildman–Crippen LogP) is 14.1. The van der Waals surface area contributed by atoms with E-state index in [4.69, 9.17) is 0 Å². The summed E-state index contributed by atoms with van der Waals surface area (Å²) >= 11 is 6.01. The second-order valence-corrected chi connectivity index (χ2v) is 15.0. The highest BCUT2D eigenvalue weighted by atomic mass is 32.1. The van der Waals surface area contributed by atoms with Crippen molar-refractivity contribution in [3.05, 3.63) is 46.2 Å². The molecule has 0 spiro atoms. The standard InChI is InChI=1S/C36H56S3/c1-3-5-7-9-11-13-15-17-19-21-23-31-25-27-33(37-31)35-29-30-36(39-35)34-28-26-32(38-34)24-22-20-18-16-14-12-10-8-6-4-2/h25-30H,3-24H2,1-2H3. The lowest BCUT2D eigenvalue weighted by Gasteiger charge is -2.02. The summed E-state index contributed by atoms with van der Waals surface area (Å²) in [6.07, 6.45) is 30.8. The second kappa shape index (κ2) is 20.9. The van der Waals surface area contributed by atoms with Crippen LogP contribution in [0.2, 0.25) is 0 Å². The lowest BCUT2D eigenvalue weighted by Crippen LogP contribution is -1.84. The van der Waals surface area contributed by atoms with Gasteiger partial charge in [0.15, 0.2) is 0 Å². The van der Waals surface area contributed by atoms with Crippen LogP contribution in [0.5, 0.6) is 0 Å². The molecule has 0 radical (unpaired) electrons. The fourth-order valence-electron chi connectivity index (χ4n) is 5.47. The molecular formula is C36H56S3. The fourth-order valence-corrected chi connectivity index (χ4v) is 8.75. The van der Waals surface area contributed by atoms with E-state index in [1.165, 1.54) is 161 Å². The number of rotatable bonds is 24. The number of aryl methyl sites for hydroxylation is 2. The van der Waals surface area contributed by atoms with Gasteiger partial charge in [0, 0.05) is 29.3 Å². The van der Waals surface area contributed by atoms with E-state index < -0.39 is 0 Å². The van der Waals surface area contributed by atoms with Crippen molar-refractivity contribution in [2.24, 2.45) is 0 Å². The largest absolute Gasteiger partial charge is 0.139 e. The van der Waals surface area contributed by atoms with Gasteiger partial charge in [0.25, 0.3) is 0 Å². The van der Waals surface area contributed by atoms with Crippen molar-refractivity contribution in [1.29, 1.82) is 0 Å². The van der Waals surface area contributed by atoms with Crippen LogP contribution < -0.4 is 0 Å². The Balaban J connectivity index is 1.29. The van der Waals surface area contributed by atoms with Crippen LogP contribution >= 0.6 is 34.0 Å². The summed E-state index contributed by atoms with van der Waals surface area (Å²) in [6, 6.07) is 14.2. The van der Waals surface area contributed by atoms with Gasteiger partial charge in [0.2, 0.25) is 0 Å². The Hall–Kier alpha value is -0.900. The molecule has 0 fully saturated rings. The first-order valence-corrected chi connectivity index (χ1v) is 19.0. The van der Waals surface area contributed by atoms with E-state index >= 15 is 0 Å². The summed E-state index contributed by atoms with van der Waals surface area (Å²) in [5, 5.41) is 0. The predicted molar refractivity (Wildman–Crippen MR) is 182 cm³/mol. The van der Waals surface area contributed by atoms with Crippen LogP contribution in [0.25, 0.3) is 19.5 Å². The van der Waals surface area contributed by atoms with Crippen molar-refractivity contribution >= 4 is 34.0 Å². The van der Waals surface area contributed by atoms with Gasteiger partial charge in [-0.2, -0.15) is 0 Å². The van der Waals surface area contributed by atoms with Crippen molar-refractivity contribution in [1.82, 2.24) is 0 Å². The van der Waals surface area contributed by atoms with E-state index in [2.05, 4.69) is 50.2 Å². The summed E-state index contributed by atoms with van der Waals surface area (Å²) in [5.74, 6) is 0. The highest BCUT2D eigenvalue weighted by Gasteiger charge is 2.10. The molecule has 3 aromatic rings. The Morgan fingerprint density at radius 1 is 0.333 bits per heavy atom. The van der Waals surface area contributed by atoms with E-state index in [0.29, 0.717) is 0 Å². The summed E-state index contributed by atoms with van der Waals surface area (Å²) in [4.78, 5) is 8.91. The van der Waals surface area contributed by atoms with Crippen molar-refractivity contribution in [3.8, 4) is 19.5 Å². The molecule has 0 aliphatic carbocycles. The van der Waals surface area contributed by atoms with Gasteiger partial charge in [-0.3, -0.25) is 0 Å². The molecule has 3 heteroatoms. The van der Waals surface area contributed by atoms with Crippen LogP contribution in [-0.4, -0.2) is 0 Å². The fraction of sp³-hybridized carbons (Fsp3) is 0.667. The molecule has 0 aromatic carbocycles. The van der Waals surface area contributed by atoms with Crippen molar-refractivity contribution < 1.29 is 0 Å². The summed E-state index contributed by atoms with van der Waals surface area (Å²) in [5.41, 5.74) is 0. The third-order valence-corrected chi connectivity index (χ3v) is 11.7. The zero-order valence-corrected chi connectivity index (χ0v) is 27.7. The maximum Gasteiger partial charge on any atom is 0.0449 e. The van der Waals surface area contributed by atoms with E-state index in [9.17, 15) is 0 Å². The molecule has 0 saturated carbocycles. The van der Waals surface area contributed by atoms with Gasteiger partial charge in [-0.05, 0) is 62.1 Å². The minimum absolute atomic E-state index is 1.26. The molecule has 39 heavy (non-hydrogen) atoms. The molecule has 3 heterocycles. The zero-order chi connectivity index (χ0) is 27.4. The average molecular weight is 585 g/mol. The number of hydrogen-bond acceptors (Lipinski definition) is 3. The van der Waals surface area contributed by atoms with Crippen LogP contribution in [0.4, 0.5) is 0 Å². The number of thiophene rings is 3. The molecule has 0 amide bonds. The molecule has 3 rings (SSSR count). The van der Waals surface area contributed by atoms with Gasteiger partial charge in [0.1, 0.15) is 0 Å². The Morgan fingerprint density at radius 2 is 0.615 bits per heavy atom. The first-order chi connectivity index (χ1) is 19.3. The van der Waals surface area contributed by atoms with Crippen molar-refractivity contribution in [2.75, 3.05) is 0 Å². The van der Waals surface area contributed by atoms with E-state index in [-0.39, 0.29) is 0 Å². The molecule has 3 aromatic heterocycles. The minimum Gasteiger partial charge on any atom is -0.139 e. The second-order valence-electron chi connectivity index (χ2n) is 11.6. The smallest absolute Gasteiger partial charge is 0.0449 e. The topological polar surface area (TPSA) is 0 Å².